The number of benzene rings is 3. The van der Waals surface area contributed by atoms with Crippen LogP contribution in [-0.4, -0.2) is 20.9 Å². The molecule has 0 radical (unpaired) electrons. The molecule has 0 bridgehead atoms. The van der Waals surface area contributed by atoms with Gasteiger partial charge in [-0.15, -0.1) is 0 Å². The molecular weight excluding hydrogens is 446 g/mol. The molecule has 6 heteroatoms. The number of amides is 1. The Hall–Kier alpha value is -3.12. The van der Waals surface area contributed by atoms with Gasteiger partial charge in [0.05, 0.1) is 10.6 Å². The molecule has 0 spiro atoms. The minimum Gasteiger partial charge on any atom is -0.484 e. The molecule has 0 N–H and O–H groups in total. The van der Waals surface area contributed by atoms with Crippen LogP contribution in [0.2, 0.25) is 0 Å². The summed E-state index contributed by atoms with van der Waals surface area (Å²) in [7, 11) is -4.12. The second-order valence-corrected chi connectivity index (χ2v) is 10.5. The molecule has 0 saturated carbocycles. The Bertz CT molecular complexity index is 1180. The zero-order valence-corrected chi connectivity index (χ0v) is 21.1. The van der Waals surface area contributed by atoms with Gasteiger partial charge in [0.15, 0.2) is 6.61 Å². The first-order chi connectivity index (χ1) is 16.2. The third-order valence-corrected chi connectivity index (χ3v) is 7.45. The molecule has 0 atom stereocenters. The van der Waals surface area contributed by atoms with E-state index in [0.29, 0.717) is 17.4 Å². The average Bonchev–Trinajstić information content (AvgIpc) is 2.82. The number of anilines is 1. The van der Waals surface area contributed by atoms with Crippen LogP contribution in [0.5, 0.6) is 5.75 Å². The largest absolute Gasteiger partial charge is 0.484 e. The number of ether oxygens (including phenoxy) is 1. The maximum atomic E-state index is 13.5. The summed E-state index contributed by atoms with van der Waals surface area (Å²) >= 11 is 0. The topological polar surface area (TPSA) is 63.7 Å². The lowest BCUT2D eigenvalue weighted by Gasteiger charge is -2.23. The number of sulfonamides is 1. The lowest BCUT2D eigenvalue weighted by molar-refractivity contribution is -0.119. The summed E-state index contributed by atoms with van der Waals surface area (Å²) in [6, 6.07) is 21.1. The average molecular weight is 480 g/mol. The van der Waals surface area contributed by atoms with Crippen molar-refractivity contribution < 1.29 is 17.9 Å². The molecule has 34 heavy (non-hydrogen) atoms. The highest BCUT2D eigenvalue weighted by Gasteiger charge is 2.31. The monoisotopic (exact) mass is 479 g/mol. The Balaban J connectivity index is 1.89. The minimum atomic E-state index is -4.12. The zero-order chi connectivity index (χ0) is 24.7. The first-order valence-electron chi connectivity index (χ1n) is 11.7. The molecule has 0 saturated heterocycles. The van der Waals surface area contributed by atoms with E-state index in [1.165, 1.54) is 12.1 Å². The molecule has 3 aromatic rings. The van der Waals surface area contributed by atoms with Crippen LogP contribution in [0.1, 0.15) is 56.2 Å². The van der Waals surface area contributed by atoms with E-state index < -0.39 is 22.5 Å². The van der Waals surface area contributed by atoms with Gasteiger partial charge < -0.3 is 4.74 Å². The van der Waals surface area contributed by atoms with Crippen LogP contribution in [0.15, 0.2) is 77.7 Å². The van der Waals surface area contributed by atoms with E-state index in [4.69, 9.17) is 4.74 Å². The number of unbranched alkanes of at least 4 members (excludes halogenated alkanes) is 1. The van der Waals surface area contributed by atoms with Crippen molar-refractivity contribution >= 4 is 21.6 Å². The number of nitrogens with zero attached hydrogens (tertiary/aromatic N) is 1. The standard InChI is InChI=1S/C28H33NO4S/c1-5-6-7-23-10-14-25(15-11-23)29(34(31,32)27-18-8-22(4)9-19-27)28(30)20-33-26-16-12-24(13-17-26)21(2)3/h8-19,21H,5-7,20H2,1-4H3. The van der Waals surface area contributed by atoms with Crippen LogP contribution in [0, 0.1) is 6.92 Å². The third kappa shape index (κ3) is 6.26. The van der Waals surface area contributed by atoms with Gasteiger partial charge >= 0.3 is 0 Å². The van der Waals surface area contributed by atoms with Crippen molar-refractivity contribution in [2.45, 2.75) is 57.8 Å². The SMILES string of the molecule is CCCCc1ccc(N(C(=O)COc2ccc(C(C)C)cc2)S(=O)(=O)c2ccc(C)cc2)cc1. The van der Waals surface area contributed by atoms with E-state index in [2.05, 4.69) is 20.8 Å². The smallest absolute Gasteiger partial charge is 0.278 e. The number of carbonyl (C=O) groups excluding carboxylic acids is 1. The van der Waals surface area contributed by atoms with Gasteiger partial charge in [-0.1, -0.05) is 69.2 Å². The summed E-state index contributed by atoms with van der Waals surface area (Å²) in [6.45, 7) is 7.80. The highest BCUT2D eigenvalue weighted by atomic mass is 32.2. The fourth-order valence-corrected chi connectivity index (χ4v) is 4.97. The van der Waals surface area contributed by atoms with E-state index in [9.17, 15) is 13.2 Å². The van der Waals surface area contributed by atoms with Crippen LogP contribution >= 0.6 is 0 Å². The van der Waals surface area contributed by atoms with Crippen LogP contribution in [0.4, 0.5) is 5.69 Å². The fourth-order valence-electron chi connectivity index (χ4n) is 3.56. The van der Waals surface area contributed by atoms with Crippen molar-refractivity contribution in [1.29, 1.82) is 0 Å². The van der Waals surface area contributed by atoms with Crippen molar-refractivity contribution in [2.75, 3.05) is 10.9 Å². The summed E-state index contributed by atoms with van der Waals surface area (Å²) in [5.74, 6) is 0.237. The summed E-state index contributed by atoms with van der Waals surface area (Å²) in [5.41, 5.74) is 3.49. The van der Waals surface area contributed by atoms with E-state index in [1.54, 1.807) is 36.4 Å². The van der Waals surface area contributed by atoms with E-state index in [0.717, 1.165) is 40.3 Å². The van der Waals surface area contributed by atoms with Gasteiger partial charge in [-0.25, -0.2) is 8.42 Å². The predicted molar refractivity (Wildman–Crippen MR) is 137 cm³/mol. The normalized spacial score (nSPS) is 11.4. The van der Waals surface area contributed by atoms with Gasteiger partial charge in [-0.3, -0.25) is 4.79 Å². The Morgan fingerprint density at radius 1 is 0.912 bits per heavy atom. The van der Waals surface area contributed by atoms with Crippen LogP contribution in [-0.2, 0) is 21.2 Å². The number of hydrogen-bond acceptors (Lipinski definition) is 4. The lowest BCUT2D eigenvalue weighted by atomic mass is 10.0. The van der Waals surface area contributed by atoms with Crippen molar-refractivity contribution in [3.8, 4) is 5.75 Å². The molecular formula is C28H33NO4S. The second kappa shape index (κ2) is 11.3. The van der Waals surface area contributed by atoms with Gasteiger partial charge in [-0.2, -0.15) is 4.31 Å². The van der Waals surface area contributed by atoms with E-state index >= 15 is 0 Å². The molecule has 5 nitrogen and oxygen atoms in total. The highest BCUT2D eigenvalue weighted by Crippen LogP contribution is 2.26. The highest BCUT2D eigenvalue weighted by molar-refractivity contribution is 7.93. The van der Waals surface area contributed by atoms with Gasteiger partial charge in [0, 0.05) is 0 Å². The number of aryl methyl sites for hydroxylation is 2. The maximum absolute atomic E-state index is 13.5. The molecule has 3 aromatic carbocycles. The van der Waals surface area contributed by atoms with Crippen LogP contribution in [0.25, 0.3) is 0 Å². The summed E-state index contributed by atoms with van der Waals surface area (Å²) in [6.07, 6.45) is 3.03. The molecule has 1 amide bonds. The molecule has 0 aliphatic carbocycles. The van der Waals surface area contributed by atoms with E-state index in [-0.39, 0.29) is 4.90 Å². The molecule has 0 aliphatic rings. The zero-order valence-electron chi connectivity index (χ0n) is 20.3. The molecule has 0 fully saturated rings. The number of carbonyl (C=O) groups is 1. The summed E-state index contributed by atoms with van der Waals surface area (Å²) in [4.78, 5) is 13.3. The first kappa shape index (κ1) is 25.5. The molecule has 3 rings (SSSR count). The van der Waals surface area contributed by atoms with E-state index in [1.807, 2.05) is 31.2 Å². The molecule has 0 heterocycles. The second-order valence-electron chi connectivity index (χ2n) is 8.76. The van der Waals surface area contributed by atoms with Gasteiger partial charge in [-0.05, 0) is 73.2 Å². The van der Waals surface area contributed by atoms with Gasteiger partial charge in [0.1, 0.15) is 5.75 Å². The van der Waals surface area contributed by atoms with Gasteiger partial charge in [0.25, 0.3) is 15.9 Å². The molecule has 0 aliphatic heterocycles. The Labute approximate surface area is 203 Å². The fraction of sp³-hybridized carbons (Fsp3) is 0.321. The Kier molecular flexibility index (Phi) is 8.51. The predicted octanol–water partition coefficient (Wildman–Crippen LogP) is 6.26. The Morgan fingerprint density at radius 2 is 1.53 bits per heavy atom. The quantitative estimate of drug-likeness (QED) is 0.344. The molecule has 0 unspecified atom stereocenters. The number of rotatable bonds is 10. The maximum Gasteiger partial charge on any atom is 0.278 e. The molecule has 180 valence electrons. The van der Waals surface area contributed by atoms with Crippen LogP contribution in [0.3, 0.4) is 0 Å². The third-order valence-electron chi connectivity index (χ3n) is 5.68. The number of hydrogen-bond donors (Lipinski definition) is 0. The van der Waals surface area contributed by atoms with Crippen LogP contribution < -0.4 is 9.04 Å². The minimum absolute atomic E-state index is 0.0581. The summed E-state index contributed by atoms with van der Waals surface area (Å²) in [5, 5.41) is 0. The van der Waals surface area contributed by atoms with Crippen molar-refractivity contribution in [1.82, 2.24) is 0 Å². The van der Waals surface area contributed by atoms with Crippen molar-refractivity contribution in [3.63, 3.8) is 0 Å². The van der Waals surface area contributed by atoms with Crippen molar-refractivity contribution in [3.05, 3.63) is 89.5 Å². The molecule has 0 aromatic heterocycles. The van der Waals surface area contributed by atoms with Crippen molar-refractivity contribution in [2.24, 2.45) is 0 Å². The first-order valence-corrected chi connectivity index (χ1v) is 13.1. The van der Waals surface area contributed by atoms with Gasteiger partial charge in [0.2, 0.25) is 0 Å². The summed E-state index contributed by atoms with van der Waals surface area (Å²) < 4.78 is 33.6. The lowest BCUT2D eigenvalue weighted by Crippen LogP contribution is -2.40. The Morgan fingerprint density at radius 3 is 2.09 bits per heavy atom.